The van der Waals surface area contributed by atoms with Crippen molar-refractivity contribution < 1.29 is 9.72 Å². The van der Waals surface area contributed by atoms with Gasteiger partial charge in [-0.15, -0.1) is 0 Å². The average molecular weight is 407 g/mol. The molecule has 0 bridgehead atoms. The van der Waals surface area contributed by atoms with Crippen LogP contribution in [0.3, 0.4) is 0 Å². The van der Waals surface area contributed by atoms with Crippen LogP contribution in [0.1, 0.15) is 5.56 Å². The van der Waals surface area contributed by atoms with Gasteiger partial charge < -0.3 is 5.32 Å². The Kier molecular flexibility index (Phi) is 5.68. The highest BCUT2D eigenvalue weighted by Gasteiger charge is 2.14. The molecule has 0 aliphatic rings. The fourth-order valence-corrected chi connectivity index (χ4v) is 2.37. The van der Waals surface area contributed by atoms with E-state index in [1.807, 2.05) is 6.07 Å². The van der Waals surface area contributed by atoms with E-state index < -0.39 is 10.8 Å². The first-order valence-corrected chi connectivity index (χ1v) is 7.70. The van der Waals surface area contributed by atoms with Gasteiger partial charge in [-0.3, -0.25) is 14.9 Å². The zero-order chi connectivity index (χ0) is 17.7. The SMILES string of the molecule is N#CC(=Cc1ccc(Cl)cc1)C(=O)Nc1ccc([N+](=O)[O-])cc1Br. The Labute approximate surface area is 150 Å². The maximum atomic E-state index is 12.2. The molecule has 0 aromatic heterocycles. The average Bonchev–Trinajstić information content (AvgIpc) is 2.55. The van der Waals surface area contributed by atoms with Gasteiger partial charge in [0, 0.05) is 21.6 Å². The number of nitrogens with zero attached hydrogens (tertiary/aromatic N) is 2. The van der Waals surface area contributed by atoms with Gasteiger partial charge in [0.1, 0.15) is 11.6 Å². The molecule has 2 aromatic carbocycles. The maximum Gasteiger partial charge on any atom is 0.270 e. The van der Waals surface area contributed by atoms with Crippen LogP contribution in [0.15, 0.2) is 52.5 Å². The second-order valence-electron chi connectivity index (χ2n) is 4.60. The van der Waals surface area contributed by atoms with Gasteiger partial charge in [-0.25, -0.2) is 0 Å². The van der Waals surface area contributed by atoms with Crippen molar-refractivity contribution >= 4 is 50.9 Å². The molecule has 1 amide bonds. The fourth-order valence-electron chi connectivity index (χ4n) is 1.78. The second kappa shape index (κ2) is 7.73. The van der Waals surface area contributed by atoms with Crippen LogP contribution < -0.4 is 5.32 Å². The number of carbonyl (C=O) groups is 1. The van der Waals surface area contributed by atoms with E-state index in [4.69, 9.17) is 11.6 Å². The topological polar surface area (TPSA) is 96.0 Å². The molecular weight excluding hydrogens is 398 g/mol. The van der Waals surface area contributed by atoms with Crippen molar-refractivity contribution in [1.82, 2.24) is 0 Å². The summed E-state index contributed by atoms with van der Waals surface area (Å²) in [5.41, 5.74) is 0.747. The van der Waals surface area contributed by atoms with Crippen molar-refractivity contribution in [1.29, 1.82) is 5.26 Å². The molecule has 1 N–H and O–H groups in total. The first-order valence-electron chi connectivity index (χ1n) is 6.53. The van der Waals surface area contributed by atoms with Crippen LogP contribution in [-0.2, 0) is 4.79 Å². The largest absolute Gasteiger partial charge is 0.320 e. The Morgan fingerprint density at radius 3 is 2.50 bits per heavy atom. The fraction of sp³-hybridized carbons (Fsp3) is 0. The molecule has 120 valence electrons. The molecule has 0 saturated carbocycles. The van der Waals surface area contributed by atoms with E-state index in [2.05, 4.69) is 21.2 Å². The maximum absolute atomic E-state index is 12.2. The molecule has 0 fully saturated rings. The summed E-state index contributed by atoms with van der Waals surface area (Å²) in [6.45, 7) is 0. The lowest BCUT2D eigenvalue weighted by Crippen LogP contribution is -2.13. The van der Waals surface area contributed by atoms with Crippen molar-refractivity contribution in [2.24, 2.45) is 0 Å². The molecule has 24 heavy (non-hydrogen) atoms. The minimum atomic E-state index is -0.623. The number of nitro benzene ring substituents is 1. The quantitative estimate of drug-likeness (QED) is 0.348. The number of anilines is 1. The van der Waals surface area contributed by atoms with E-state index in [9.17, 15) is 20.2 Å². The van der Waals surface area contributed by atoms with Gasteiger partial charge in [-0.05, 0) is 45.8 Å². The summed E-state index contributed by atoms with van der Waals surface area (Å²) in [6, 6.07) is 12.4. The summed E-state index contributed by atoms with van der Waals surface area (Å²) in [5.74, 6) is -0.623. The molecule has 0 atom stereocenters. The number of rotatable bonds is 4. The van der Waals surface area contributed by atoms with Crippen molar-refractivity contribution in [3.8, 4) is 6.07 Å². The normalized spacial score (nSPS) is 10.8. The summed E-state index contributed by atoms with van der Waals surface area (Å²) in [5, 5.41) is 23.0. The van der Waals surface area contributed by atoms with Gasteiger partial charge in [0.15, 0.2) is 0 Å². The van der Waals surface area contributed by atoms with Crippen molar-refractivity contribution in [2.45, 2.75) is 0 Å². The van der Waals surface area contributed by atoms with E-state index >= 15 is 0 Å². The highest BCUT2D eigenvalue weighted by molar-refractivity contribution is 9.10. The molecular formula is C16H9BrClN3O3. The summed E-state index contributed by atoms with van der Waals surface area (Å²) >= 11 is 8.94. The Balaban J connectivity index is 2.22. The minimum absolute atomic E-state index is 0.109. The highest BCUT2D eigenvalue weighted by Crippen LogP contribution is 2.27. The minimum Gasteiger partial charge on any atom is -0.320 e. The number of benzene rings is 2. The molecule has 0 spiro atoms. The Morgan fingerprint density at radius 1 is 1.29 bits per heavy atom. The van der Waals surface area contributed by atoms with Crippen molar-refractivity contribution in [2.75, 3.05) is 5.32 Å². The van der Waals surface area contributed by atoms with E-state index in [1.165, 1.54) is 24.3 Å². The number of nitro groups is 1. The van der Waals surface area contributed by atoms with Crippen LogP contribution >= 0.6 is 27.5 Å². The van der Waals surface area contributed by atoms with Crippen LogP contribution in [0.4, 0.5) is 11.4 Å². The number of carbonyl (C=O) groups excluding carboxylic acids is 1. The molecule has 2 rings (SSSR count). The summed E-state index contributed by atoms with van der Waals surface area (Å²) in [7, 11) is 0. The molecule has 0 saturated heterocycles. The third kappa shape index (κ3) is 4.41. The summed E-state index contributed by atoms with van der Waals surface area (Å²) in [4.78, 5) is 22.4. The first kappa shape index (κ1) is 17.7. The number of amides is 1. The van der Waals surface area contributed by atoms with Gasteiger partial charge in [-0.2, -0.15) is 5.26 Å². The highest BCUT2D eigenvalue weighted by atomic mass is 79.9. The van der Waals surface area contributed by atoms with Gasteiger partial charge in [0.05, 0.1) is 10.6 Å². The van der Waals surface area contributed by atoms with Gasteiger partial charge >= 0.3 is 0 Å². The van der Waals surface area contributed by atoms with Crippen LogP contribution in [-0.4, -0.2) is 10.8 Å². The monoisotopic (exact) mass is 405 g/mol. The molecule has 0 radical (unpaired) electrons. The van der Waals surface area contributed by atoms with Crippen molar-refractivity contribution in [3.63, 3.8) is 0 Å². The number of nitriles is 1. The van der Waals surface area contributed by atoms with Gasteiger partial charge in [-0.1, -0.05) is 23.7 Å². The van der Waals surface area contributed by atoms with E-state index in [1.54, 1.807) is 24.3 Å². The molecule has 0 aliphatic carbocycles. The van der Waals surface area contributed by atoms with E-state index in [0.717, 1.165) is 0 Å². The molecule has 0 unspecified atom stereocenters. The molecule has 8 heteroatoms. The Hall–Kier alpha value is -2.69. The van der Waals surface area contributed by atoms with Crippen LogP contribution in [0, 0.1) is 21.4 Å². The predicted octanol–water partition coefficient (Wildman–Crippen LogP) is 4.56. The lowest BCUT2D eigenvalue weighted by Gasteiger charge is -2.06. The first-order chi connectivity index (χ1) is 11.4. The molecule has 2 aromatic rings. The Morgan fingerprint density at radius 2 is 1.96 bits per heavy atom. The molecule has 6 nitrogen and oxygen atoms in total. The van der Waals surface area contributed by atoms with Crippen molar-refractivity contribution in [3.05, 3.63) is 73.2 Å². The lowest BCUT2D eigenvalue weighted by atomic mass is 10.1. The number of nitrogens with one attached hydrogen (secondary N) is 1. The summed E-state index contributed by atoms with van der Waals surface area (Å²) < 4.78 is 0.342. The number of hydrogen-bond donors (Lipinski definition) is 1. The van der Waals surface area contributed by atoms with E-state index in [-0.39, 0.29) is 11.3 Å². The zero-order valence-corrected chi connectivity index (χ0v) is 14.3. The summed E-state index contributed by atoms with van der Waals surface area (Å²) in [6.07, 6.45) is 1.42. The number of halogens is 2. The molecule has 0 heterocycles. The second-order valence-corrected chi connectivity index (χ2v) is 5.89. The van der Waals surface area contributed by atoms with Crippen LogP contribution in [0.25, 0.3) is 6.08 Å². The lowest BCUT2D eigenvalue weighted by molar-refractivity contribution is -0.384. The molecule has 0 aliphatic heterocycles. The Bertz CT molecular complexity index is 873. The third-order valence-corrected chi connectivity index (χ3v) is 3.87. The number of hydrogen-bond acceptors (Lipinski definition) is 4. The van der Waals surface area contributed by atoms with Gasteiger partial charge in [0.2, 0.25) is 0 Å². The third-order valence-electron chi connectivity index (χ3n) is 2.96. The van der Waals surface area contributed by atoms with Crippen LogP contribution in [0.5, 0.6) is 0 Å². The standard InChI is InChI=1S/C16H9BrClN3O3/c17-14-8-13(21(23)24)5-6-15(14)20-16(22)11(9-19)7-10-1-3-12(18)4-2-10/h1-8H,(H,20,22). The van der Waals surface area contributed by atoms with Gasteiger partial charge in [0.25, 0.3) is 11.6 Å². The smallest absolute Gasteiger partial charge is 0.270 e. The predicted molar refractivity (Wildman–Crippen MR) is 94.5 cm³/mol. The van der Waals surface area contributed by atoms with E-state index in [0.29, 0.717) is 20.7 Å². The number of non-ortho nitro benzene ring substituents is 1. The zero-order valence-electron chi connectivity index (χ0n) is 12.0. The van der Waals surface area contributed by atoms with Crippen LogP contribution in [0.2, 0.25) is 5.02 Å².